The number of H-pyrrole nitrogens is 1. The number of benzene rings is 2. The topological polar surface area (TPSA) is 115 Å². The molecule has 0 unspecified atom stereocenters. The third-order valence-corrected chi connectivity index (χ3v) is 8.44. The SMILES string of the molecule is C[N+]1(CCC(=O)Nc2ccc3[nH]c4ccc(NC(=O)CC[N+]5(C)CCNCC5)cc4c(=O)c3c2)CCNCC1. The van der Waals surface area contributed by atoms with E-state index in [0.717, 1.165) is 74.4 Å². The fraction of sp³-hybridized carbons (Fsp3) is 0.483. The Balaban J connectivity index is 1.27. The first-order valence-corrected chi connectivity index (χ1v) is 14.0. The van der Waals surface area contributed by atoms with E-state index in [-0.39, 0.29) is 17.2 Å². The summed E-state index contributed by atoms with van der Waals surface area (Å²) in [5, 5.41) is 13.7. The number of anilines is 2. The van der Waals surface area contributed by atoms with Gasteiger partial charge in [0.15, 0.2) is 5.43 Å². The molecule has 0 spiro atoms. The van der Waals surface area contributed by atoms with Crippen LogP contribution in [0, 0.1) is 0 Å². The number of carbonyl (C=O) groups is 2. The maximum atomic E-state index is 13.5. The number of pyridine rings is 1. The minimum Gasteiger partial charge on any atom is -0.354 e. The van der Waals surface area contributed by atoms with Gasteiger partial charge in [0, 0.05) is 59.4 Å². The van der Waals surface area contributed by atoms with Crippen LogP contribution >= 0.6 is 0 Å². The van der Waals surface area contributed by atoms with E-state index in [4.69, 9.17) is 0 Å². The van der Waals surface area contributed by atoms with Crippen molar-refractivity contribution < 1.29 is 18.6 Å². The zero-order valence-corrected chi connectivity index (χ0v) is 23.1. The fourth-order valence-corrected chi connectivity index (χ4v) is 5.63. The molecule has 208 valence electrons. The van der Waals surface area contributed by atoms with E-state index in [9.17, 15) is 14.4 Å². The number of nitrogens with one attached hydrogen (secondary N) is 5. The predicted octanol–water partition coefficient (Wildman–Crippen LogP) is 1.44. The highest BCUT2D eigenvalue weighted by Gasteiger charge is 2.26. The average Bonchev–Trinajstić information content (AvgIpc) is 2.93. The normalized spacial score (nSPS) is 18.6. The number of nitrogens with zero attached hydrogens (tertiary/aromatic N) is 2. The van der Waals surface area contributed by atoms with Crippen LogP contribution in [0.5, 0.6) is 0 Å². The second-order valence-corrected chi connectivity index (χ2v) is 11.7. The molecule has 2 fully saturated rings. The lowest BCUT2D eigenvalue weighted by Crippen LogP contribution is -2.56. The lowest BCUT2D eigenvalue weighted by molar-refractivity contribution is -0.910. The van der Waals surface area contributed by atoms with Gasteiger partial charge in [-0.05, 0) is 36.4 Å². The van der Waals surface area contributed by atoms with Gasteiger partial charge < -0.3 is 35.2 Å². The Kier molecular flexibility index (Phi) is 7.99. The van der Waals surface area contributed by atoms with Crippen molar-refractivity contribution in [2.24, 2.45) is 0 Å². The molecule has 2 aromatic carbocycles. The molecule has 0 atom stereocenters. The van der Waals surface area contributed by atoms with Gasteiger partial charge in [0.2, 0.25) is 11.8 Å². The maximum absolute atomic E-state index is 13.5. The Morgan fingerprint density at radius 2 is 1.13 bits per heavy atom. The van der Waals surface area contributed by atoms with Crippen LogP contribution in [0.3, 0.4) is 0 Å². The molecular weight excluding hydrogens is 494 g/mol. The van der Waals surface area contributed by atoms with Gasteiger partial charge in [-0.2, -0.15) is 0 Å². The molecule has 2 aliphatic rings. The number of likely N-dealkylation sites (N-methyl/N-ethyl adjacent to an activating group) is 2. The first kappa shape index (κ1) is 27.3. The van der Waals surface area contributed by atoms with Gasteiger partial charge in [0.1, 0.15) is 0 Å². The Hall–Kier alpha value is -3.31. The van der Waals surface area contributed by atoms with Gasteiger partial charge in [-0.25, -0.2) is 0 Å². The Bertz CT molecular complexity index is 1320. The van der Waals surface area contributed by atoms with Crippen molar-refractivity contribution in [3.8, 4) is 0 Å². The van der Waals surface area contributed by atoms with Gasteiger partial charge in [-0.1, -0.05) is 0 Å². The molecule has 5 N–H and O–H groups in total. The summed E-state index contributed by atoms with van der Waals surface area (Å²) in [5.41, 5.74) is 2.48. The number of fused-ring (bicyclic) bond motifs is 2. The van der Waals surface area contributed by atoms with Crippen molar-refractivity contribution in [3.63, 3.8) is 0 Å². The van der Waals surface area contributed by atoms with Crippen LogP contribution in [0.1, 0.15) is 12.8 Å². The number of piperazine rings is 2. The van der Waals surface area contributed by atoms with Crippen molar-refractivity contribution in [2.45, 2.75) is 12.8 Å². The van der Waals surface area contributed by atoms with Crippen LogP contribution in [-0.4, -0.2) is 105 Å². The summed E-state index contributed by atoms with van der Waals surface area (Å²) >= 11 is 0. The van der Waals surface area contributed by atoms with E-state index < -0.39 is 0 Å². The number of rotatable bonds is 8. The number of amides is 2. The van der Waals surface area contributed by atoms with Crippen LogP contribution < -0.4 is 26.7 Å². The summed E-state index contributed by atoms with van der Waals surface area (Å²) in [6.07, 6.45) is 0.862. The van der Waals surface area contributed by atoms with Gasteiger partial charge in [0.25, 0.3) is 0 Å². The van der Waals surface area contributed by atoms with Crippen LogP contribution in [-0.2, 0) is 9.59 Å². The Morgan fingerprint density at radius 1 is 0.718 bits per heavy atom. The van der Waals surface area contributed by atoms with E-state index in [2.05, 4.69) is 40.3 Å². The Morgan fingerprint density at radius 3 is 1.54 bits per heavy atom. The third-order valence-electron chi connectivity index (χ3n) is 8.44. The average molecular weight is 536 g/mol. The van der Waals surface area contributed by atoms with E-state index in [1.54, 1.807) is 12.1 Å². The molecule has 0 aliphatic carbocycles. The van der Waals surface area contributed by atoms with Crippen LogP contribution in [0.15, 0.2) is 41.2 Å². The predicted molar refractivity (Wildman–Crippen MR) is 156 cm³/mol. The molecular formula is C29H41N7O3+2. The maximum Gasteiger partial charge on any atom is 0.230 e. The summed E-state index contributed by atoms with van der Waals surface area (Å²) in [6.45, 7) is 9.54. The highest BCUT2D eigenvalue weighted by Crippen LogP contribution is 2.22. The molecule has 10 nitrogen and oxygen atoms in total. The quantitative estimate of drug-likeness (QED) is 0.221. The molecule has 2 aliphatic heterocycles. The monoisotopic (exact) mass is 535 g/mol. The first-order valence-electron chi connectivity index (χ1n) is 14.0. The number of aromatic nitrogens is 1. The van der Waals surface area contributed by atoms with Crippen molar-refractivity contribution >= 4 is 45.0 Å². The number of quaternary nitrogens is 2. The molecule has 2 amide bonds. The summed E-state index contributed by atoms with van der Waals surface area (Å²) in [7, 11) is 4.39. The second kappa shape index (κ2) is 11.4. The van der Waals surface area contributed by atoms with Gasteiger partial charge in [0.05, 0.1) is 66.2 Å². The number of aromatic amines is 1. The van der Waals surface area contributed by atoms with E-state index >= 15 is 0 Å². The van der Waals surface area contributed by atoms with E-state index in [0.29, 0.717) is 46.0 Å². The van der Waals surface area contributed by atoms with Crippen LogP contribution in [0.2, 0.25) is 0 Å². The fourth-order valence-electron chi connectivity index (χ4n) is 5.63. The van der Waals surface area contributed by atoms with Crippen molar-refractivity contribution in [2.75, 3.05) is 90.2 Å². The van der Waals surface area contributed by atoms with Gasteiger partial charge >= 0.3 is 0 Å². The lowest BCUT2D eigenvalue weighted by Gasteiger charge is -2.37. The van der Waals surface area contributed by atoms with Crippen molar-refractivity contribution in [3.05, 3.63) is 46.6 Å². The number of hydrogen-bond acceptors (Lipinski definition) is 5. The second-order valence-electron chi connectivity index (χ2n) is 11.7. The molecule has 0 radical (unpaired) electrons. The zero-order chi connectivity index (χ0) is 27.5. The summed E-state index contributed by atoms with van der Waals surface area (Å²) in [5.74, 6) is -0.0992. The minimum atomic E-state index is -0.135. The standard InChI is InChI=1S/C29H39N7O3/c1-35(15-9-30-10-16-35)13-7-27(37)32-21-3-5-25-23(19-21)29(39)24-20-22(4-6-26(24)34-25)33-28(38)8-14-36(2)17-11-31-12-18-36/h3-6,19-20,30-31H,7-18H2,1-2H3,(H-2,32,33,34,37,38,39)/p+2. The Labute approximate surface area is 228 Å². The van der Waals surface area contributed by atoms with Crippen LogP contribution in [0.4, 0.5) is 11.4 Å². The smallest absolute Gasteiger partial charge is 0.230 e. The minimum absolute atomic E-state index is 0.0496. The molecule has 0 saturated carbocycles. The highest BCUT2D eigenvalue weighted by atomic mass is 16.2. The summed E-state index contributed by atoms with van der Waals surface area (Å²) in [4.78, 5) is 42.1. The summed E-state index contributed by atoms with van der Waals surface area (Å²) < 4.78 is 1.77. The molecule has 39 heavy (non-hydrogen) atoms. The van der Waals surface area contributed by atoms with Gasteiger partial charge in [-0.3, -0.25) is 14.4 Å². The highest BCUT2D eigenvalue weighted by molar-refractivity contribution is 5.99. The molecule has 3 aromatic rings. The van der Waals surface area contributed by atoms with E-state index in [1.165, 1.54) is 0 Å². The molecule has 1 aromatic heterocycles. The zero-order valence-electron chi connectivity index (χ0n) is 23.1. The van der Waals surface area contributed by atoms with Crippen molar-refractivity contribution in [1.29, 1.82) is 0 Å². The number of hydrogen-bond donors (Lipinski definition) is 5. The molecule has 10 heteroatoms. The largest absolute Gasteiger partial charge is 0.354 e. The molecule has 0 bridgehead atoms. The third kappa shape index (κ3) is 6.65. The first-order chi connectivity index (χ1) is 18.7. The summed E-state index contributed by atoms with van der Waals surface area (Å²) in [6, 6.07) is 10.7. The van der Waals surface area contributed by atoms with Gasteiger partial charge in [-0.15, -0.1) is 0 Å². The molecule has 5 rings (SSSR count). The van der Waals surface area contributed by atoms with Crippen LogP contribution in [0.25, 0.3) is 21.8 Å². The molecule has 3 heterocycles. The molecule has 2 saturated heterocycles. The lowest BCUT2D eigenvalue weighted by atomic mass is 10.1. The van der Waals surface area contributed by atoms with Crippen molar-refractivity contribution in [1.82, 2.24) is 15.6 Å². The number of carbonyl (C=O) groups excluding carboxylic acids is 2. The van der Waals surface area contributed by atoms with E-state index in [1.807, 2.05) is 24.3 Å².